The number of rotatable bonds is 2. The molecule has 0 saturated carbocycles. The Balaban J connectivity index is 2.05. The zero-order valence-corrected chi connectivity index (χ0v) is 13.1. The lowest BCUT2D eigenvalue weighted by atomic mass is 9.78. The lowest BCUT2D eigenvalue weighted by molar-refractivity contribution is -0.0324. The molecule has 3 aromatic rings. The molecular weight excluding hydrogens is 282 g/mol. The Morgan fingerprint density at radius 2 is 1.26 bits per heavy atom. The Morgan fingerprint density at radius 1 is 0.739 bits per heavy atom. The van der Waals surface area contributed by atoms with Gasteiger partial charge in [0, 0.05) is 11.3 Å². The van der Waals surface area contributed by atoms with Crippen molar-refractivity contribution < 1.29 is 4.74 Å². The molecule has 0 spiro atoms. The molecule has 0 amide bonds. The highest BCUT2D eigenvalue weighted by atomic mass is 16.5. The van der Waals surface area contributed by atoms with Crippen LogP contribution in [0.1, 0.15) is 23.6 Å². The van der Waals surface area contributed by atoms with E-state index in [0.29, 0.717) is 0 Å². The van der Waals surface area contributed by atoms with Crippen LogP contribution in [0.25, 0.3) is 0 Å². The SMILES string of the molecule is CC1Nc2ccccc2C(c2ccccc2)(c2ccccc2)O1. The van der Waals surface area contributed by atoms with Crippen LogP contribution in [0.3, 0.4) is 0 Å². The highest BCUT2D eigenvalue weighted by molar-refractivity contribution is 5.63. The summed E-state index contributed by atoms with van der Waals surface area (Å²) in [6.07, 6.45) is -0.0784. The van der Waals surface area contributed by atoms with Gasteiger partial charge in [-0.1, -0.05) is 78.9 Å². The molecule has 0 aliphatic carbocycles. The molecule has 1 aliphatic rings. The summed E-state index contributed by atoms with van der Waals surface area (Å²) in [6.45, 7) is 2.05. The summed E-state index contributed by atoms with van der Waals surface area (Å²) in [6, 6.07) is 29.3. The summed E-state index contributed by atoms with van der Waals surface area (Å²) in [5.41, 5.74) is 3.97. The smallest absolute Gasteiger partial charge is 0.148 e. The lowest BCUT2D eigenvalue weighted by Gasteiger charge is -2.43. The van der Waals surface area contributed by atoms with Crippen LogP contribution in [0.5, 0.6) is 0 Å². The van der Waals surface area contributed by atoms with Crippen LogP contribution in [-0.2, 0) is 10.3 Å². The third-order valence-electron chi connectivity index (χ3n) is 4.38. The molecule has 23 heavy (non-hydrogen) atoms. The Kier molecular flexibility index (Phi) is 3.40. The zero-order chi connectivity index (χ0) is 15.7. The minimum atomic E-state index is -0.593. The largest absolute Gasteiger partial charge is 0.360 e. The first kappa shape index (κ1) is 14.0. The van der Waals surface area contributed by atoms with Gasteiger partial charge in [-0.3, -0.25) is 0 Å². The predicted molar refractivity (Wildman–Crippen MR) is 93.4 cm³/mol. The quantitative estimate of drug-likeness (QED) is 0.736. The predicted octanol–water partition coefficient (Wildman–Crippen LogP) is 4.77. The standard InChI is InChI=1S/C21H19NO/c1-16-22-20-15-9-8-14-19(20)21(23-16,17-10-4-2-5-11-17)18-12-6-3-7-13-18/h2-16,22H,1H3. The molecule has 114 valence electrons. The molecule has 1 heterocycles. The molecule has 2 nitrogen and oxygen atoms in total. The monoisotopic (exact) mass is 301 g/mol. The molecule has 0 aromatic heterocycles. The molecule has 0 fully saturated rings. The maximum absolute atomic E-state index is 6.56. The second-order valence-electron chi connectivity index (χ2n) is 5.86. The highest BCUT2D eigenvalue weighted by Gasteiger charge is 2.43. The van der Waals surface area contributed by atoms with Crippen LogP contribution in [0.15, 0.2) is 84.9 Å². The molecule has 1 atom stereocenters. The number of hydrogen-bond donors (Lipinski definition) is 1. The molecule has 1 aliphatic heterocycles. The Morgan fingerprint density at radius 3 is 1.87 bits per heavy atom. The normalized spacial score (nSPS) is 18.7. The molecular formula is C21H19NO. The van der Waals surface area contributed by atoms with Crippen molar-refractivity contribution in [3.8, 4) is 0 Å². The second kappa shape index (κ2) is 5.56. The topological polar surface area (TPSA) is 21.3 Å². The maximum Gasteiger partial charge on any atom is 0.148 e. The van der Waals surface area contributed by atoms with Gasteiger partial charge in [-0.2, -0.15) is 0 Å². The summed E-state index contributed by atoms with van der Waals surface area (Å²) in [5, 5.41) is 3.43. The molecule has 1 unspecified atom stereocenters. The van der Waals surface area contributed by atoms with Gasteiger partial charge >= 0.3 is 0 Å². The van der Waals surface area contributed by atoms with E-state index < -0.39 is 5.60 Å². The number of nitrogens with one attached hydrogen (secondary N) is 1. The Labute approximate surface area is 136 Å². The van der Waals surface area contributed by atoms with Crippen LogP contribution in [0, 0.1) is 0 Å². The van der Waals surface area contributed by atoms with Crippen molar-refractivity contribution in [3.63, 3.8) is 0 Å². The van der Waals surface area contributed by atoms with Crippen LogP contribution in [-0.4, -0.2) is 6.23 Å². The van der Waals surface area contributed by atoms with E-state index in [2.05, 4.69) is 85.0 Å². The van der Waals surface area contributed by atoms with Crippen LogP contribution in [0.4, 0.5) is 5.69 Å². The first-order valence-corrected chi connectivity index (χ1v) is 7.95. The van der Waals surface area contributed by atoms with E-state index in [1.165, 1.54) is 0 Å². The van der Waals surface area contributed by atoms with E-state index in [-0.39, 0.29) is 6.23 Å². The van der Waals surface area contributed by atoms with E-state index in [9.17, 15) is 0 Å². The van der Waals surface area contributed by atoms with Crippen LogP contribution < -0.4 is 5.32 Å². The molecule has 0 radical (unpaired) electrons. The number of para-hydroxylation sites is 1. The van der Waals surface area contributed by atoms with Crippen molar-refractivity contribution in [1.82, 2.24) is 0 Å². The van der Waals surface area contributed by atoms with Gasteiger partial charge in [-0.05, 0) is 24.1 Å². The van der Waals surface area contributed by atoms with Crippen LogP contribution >= 0.6 is 0 Å². The van der Waals surface area contributed by atoms with Gasteiger partial charge in [0.25, 0.3) is 0 Å². The average molecular weight is 301 g/mol. The fraction of sp³-hybridized carbons (Fsp3) is 0.143. The number of benzene rings is 3. The fourth-order valence-corrected chi connectivity index (χ4v) is 3.45. The van der Waals surface area contributed by atoms with Gasteiger partial charge in [0.1, 0.15) is 11.8 Å². The Hall–Kier alpha value is -2.58. The van der Waals surface area contributed by atoms with E-state index in [1.807, 2.05) is 12.1 Å². The first-order chi connectivity index (χ1) is 11.3. The van der Waals surface area contributed by atoms with E-state index in [1.54, 1.807) is 0 Å². The summed E-state index contributed by atoms with van der Waals surface area (Å²) in [7, 11) is 0. The van der Waals surface area contributed by atoms with Crippen molar-refractivity contribution >= 4 is 5.69 Å². The van der Waals surface area contributed by atoms with Crippen molar-refractivity contribution in [2.75, 3.05) is 5.32 Å². The van der Waals surface area contributed by atoms with E-state index in [4.69, 9.17) is 4.74 Å². The van der Waals surface area contributed by atoms with Gasteiger partial charge in [0.05, 0.1) is 0 Å². The van der Waals surface area contributed by atoms with Gasteiger partial charge < -0.3 is 10.1 Å². The number of fused-ring (bicyclic) bond motifs is 1. The van der Waals surface area contributed by atoms with Gasteiger partial charge in [-0.25, -0.2) is 0 Å². The van der Waals surface area contributed by atoms with Crippen molar-refractivity contribution in [2.24, 2.45) is 0 Å². The van der Waals surface area contributed by atoms with Gasteiger partial charge in [0.15, 0.2) is 0 Å². The fourth-order valence-electron chi connectivity index (χ4n) is 3.45. The zero-order valence-electron chi connectivity index (χ0n) is 13.1. The molecule has 4 rings (SSSR count). The van der Waals surface area contributed by atoms with Crippen molar-refractivity contribution in [2.45, 2.75) is 18.8 Å². The van der Waals surface area contributed by atoms with Gasteiger partial charge in [0.2, 0.25) is 0 Å². The number of hydrogen-bond acceptors (Lipinski definition) is 2. The number of anilines is 1. The van der Waals surface area contributed by atoms with Crippen molar-refractivity contribution in [1.29, 1.82) is 0 Å². The molecule has 0 bridgehead atoms. The van der Waals surface area contributed by atoms with Crippen LogP contribution in [0.2, 0.25) is 0 Å². The minimum absolute atomic E-state index is 0.0784. The van der Waals surface area contributed by atoms with E-state index in [0.717, 1.165) is 22.4 Å². The molecule has 2 heteroatoms. The van der Waals surface area contributed by atoms with Crippen molar-refractivity contribution in [3.05, 3.63) is 102 Å². The second-order valence-corrected chi connectivity index (χ2v) is 5.86. The number of ether oxygens (including phenoxy) is 1. The third-order valence-corrected chi connectivity index (χ3v) is 4.38. The van der Waals surface area contributed by atoms with E-state index >= 15 is 0 Å². The molecule has 1 N–H and O–H groups in total. The molecule has 0 saturated heterocycles. The minimum Gasteiger partial charge on any atom is -0.360 e. The Bertz CT molecular complexity index is 759. The highest BCUT2D eigenvalue weighted by Crippen LogP contribution is 2.46. The lowest BCUT2D eigenvalue weighted by Crippen LogP contribution is -2.43. The first-order valence-electron chi connectivity index (χ1n) is 7.95. The molecule has 3 aromatic carbocycles. The summed E-state index contributed by atoms with van der Waals surface area (Å²) in [5.74, 6) is 0. The summed E-state index contributed by atoms with van der Waals surface area (Å²) in [4.78, 5) is 0. The summed E-state index contributed by atoms with van der Waals surface area (Å²) < 4.78 is 6.56. The summed E-state index contributed by atoms with van der Waals surface area (Å²) >= 11 is 0. The average Bonchev–Trinajstić information content (AvgIpc) is 2.62. The third kappa shape index (κ3) is 2.23. The van der Waals surface area contributed by atoms with Gasteiger partial charge in [-0.15, -0.1) is 0 Å². The maximum atomic E-state index is 6.56.